The maximum absolute atomic E-state index is 11.6. The summed E-state index contributed by atoms with van der Waals surface area (Å²) >= 11 is 0. The van der Waals surface area contributed by atoms with Crippen LogP contribution in [0.5, 0.6) is 0 Å². The van der Waals surface area contributed by atoms with E-state index in [9.17, 15) is 4.79 Å². The Morgan fingerprint density at radius 2 is 2.00 bits per heavy atom. The third kappa shape index (κ3) is 3.39. The molecule has 1 aromatic heterocycles. The van der Waals surface area contributed by atoms with Gasteiger partial charge in [0.25, 0.3) is 5.91 Å². The van der Waals surface area contributed by atoms with Gasteiger partial charge in [-0.05, 0) is 43.3 Å². The van der Waals surface area contributed by atoms with E-state index in [2.05, 4.69) is 10.6 Å². The number of hydrogen-bond donors (Lipinski definition) is 2. The van der Waals surface area contributed by atoms with Crippen molar-refractivity contribution in [2.45, 2.75) is 13.5 Å². The van der Waals surface area contributed by atoms with Gasteiger partial charge in [0.05, 0.1) is 6.54 Å². The molecular formula is C15H15N3O2. The van der Waals surface area contributed by atoms with Crippen LogP contribution in [-0.4, -0.2) is 12.5 Å². The summed E-state index contributed by atoms with van der Waals surface area (Å²) in [4.78, 5) is 11.6. The SMILES string of the molecule is CCNC(=O)c1ccc(NCc2ccc(C#N)o2)cc1. The zero-order valence-corrected chi connectivity index (χ0v) is 11.1. The summed E-state index contributed by atoms with van der Waals surface area (Å²) < 4.78 is 5.26. The molecule has 0 atom stereocenters. The van der Waals surface area contributed by atoms with Crippen LogP contribution in [0.25, 0.3) is 0 Å². The Labute approximate surface area is 117 Å². The van der Waals surface area contributed by atoms with Crippen LogP contribution < -0.4 is 10.6 Å². The zero-order chi connectivity index (χ0) is 14.4. The molecule has 0 spiro atoms. The minimum Gasteiger partial charge on any atom is -0.449 e. The van der Waals surface area contributed by atoms with Crippen molar-refractivity contribution in [1.82, 2.24) is 5.32 Å². The number of hydrogen-bond acceptors (Lipinski definition) is 4. The molecule has 0 radical (unpaired) electrons. The van der Waals surface area contributed by atoms with Crippen LogP contribution in [-0.2, 0) is 6.54 Å². The van der Waals surface area contributed by atoms with Crippen LogP contribution >= 0.6 is 0 Å². The summed E-state index contributed by atoms with van der Waals surface area (Å²) in [6, 6.07) is 12.5. The van der Waals surface area contributed by atoms with Gasteiger partial charge < -0.3 is 15.1 Å². The number of carbonyl (C=O) groups is 1. The topological polar surface area (TPSA) is 78.1 Å². The Hall–Kier alpha value is -2.74. The van der Waals surface area contributed by atoms with Crippen molar-refractivity contribution >= 4 is 11.6 Å². The molecule has 0 saturated carbocycles. The lowest BCUT2D eigenvalue weighted by molar-refractivity contribution is 0.0956. The summed E-state index contributed by atoms with van der Waals surface area (Å²) in [5, 5.41) is 14.6. The Bertz CT molecular complexity index is 623. The van der Waals surface area contributed by atoms with Gasteiger partial charge in [-0.2, -0.15) is 5.26 Å². The molecule has 2 rings (SSSR count). The first-order chi connectivity index (χ1) is 9.72. The smallest absolute Gasteiger partial charge is 0.251 e. The Kier molecular flexibility index (Phi) is 4.40. The Morgan fingerprint density at radius 3 is 2.60 bits per heavy atom. The first-order valence-corrected chi connectivity index (χ1v) is 6.34. The highest BCUT2D eigenvalue weighted by molar-refractivity contribution is 5.94. The molecule has 0 saturated heterocycles. The van der Waals surface area contributed by atoms with Crippen molar-refractivity contribution in [3.63, 3.8) is 0 Å². The average Bonchev–Trinajstić information content (AvgIpc) is 2.94. The second-order valence-electron chi connectivity index (χ2n) is 4.17. The normalized spacial score (nSPS) is 9.80. The molecule has 0 fully saturated rings. The maximum Gasteiger partial charge on any atom is 0.251 e. The van der Waals surface area contributed by atoms with E-state index >= 15 is 0 Å². The van der Waals surface area contributed by atoms with Crippen LogP contribution in [0.2, 0.25) is 0 Å². The standard InChI is InChI=1S/C15H15N3O2/c1-2-17-15(19)11-3-5-12(6-4-11)18-10-14-8-7-13(9-16)20-14/h3-8,18H,2,10H2,1H3,(H,17,19). The van der Waals surface area contributed by atoms with Crippen LogP contribution in [0.3, 0.4) is 0 Å². The van der Waals surface area contributed by atoms with Gasteiger partial charge in [0.2, 0.25) is 5.76 Å². The zero-order valence-electron chi connectivity index (χ0n) is 11.1. The molecule has 20 heavy (non-hydrogen) atoms. The number of carbonyl (C=O) groups excluding carboxylic acids is 1. The number of benzene rings is 1. The molecule has 5 heteroatoms. The monoisotopic (exact) mass is 269 g/mol. The lowest BCUT2D eigenvalue weighted by Gasteiger charge is -2.06. The first-order valence-electron chi connectivity index (χ1n) is 6.34. The highest BCUT2D eigenvalue weighted by atomic mass is 16.3. The van der Waals surface area contributed by atoms with E-state index in [0.717, 1.165) is 5.69 Å². The molecule has 0 aliphatic heterocycles. The molecule has 1 aromatic carbocycles. The average molecular weight is 269 g/mol. The summed E-state index contributed by atoms with van der Waals surface area (Å²) in [6.07, 6.45) is 0. The summed E-state index contributed by atoms with van der Waals surface area (Å²) in [5.74, 6) is 0.909. The van der Waals surface area contributed by atoms with Gasteiger partial charge in [0, 0.05) is 17.8 Å². The van der Waals surface area contributed by atoms with Crippen molar-refractivity contribution in [2.24, 2.45) is 0 Å². The summed E-state index contributed by atoms with van der Waals surface area (Å²) in [7, 11) is 0. The fraction of sp³-hybridized carbons (Fsp3) is 0.200. The quantitative estimate of drug-likeness (QED) is 0.874. The second-order valence-corrected chi connectivity index (χ2v) is 4.17. The fourth-order valence-electron chi connectivity index (χ4n) is 1.72. The molecule has 1 heterocycles. The molecular weight excluding hydrogens is 254 g/mol. The Morgan fingerprint density at radius 1 is 1.25 bits per heavy atom. The van der Waals surface area contributed by atoms with E-state index in [1.54, 1.807) is 24.3 Å². The van der Waals surface area contributed by atoms with Crippen molar-refractivity contribution < 1.29 is 9.21 Å². The second kappa shape index (κ2) is 6.43. The van der Waals surface area contributed by atoms with Gasteiger partial charge in [-0.1, -0.05) is 0 Å². The van der Waals surface area contributed by atoms with Crippen molar-refractivity contribution in [3.05, 3.63) is 53.5 Å². The van der Waals surface area contributed by atoms with Gasteiger partial charge in [-0.25, -0.2) is 0 Å². The van der Waals surface area contributed by atoms with Crippen LogP contribution in [0.1, 0.15) is 28.8 Å². The molecule has 0 bridgehead atoms. The lowest BCUT2D eigenvalue weighted by Crippen LogP contribution is -2.22. The lowest BCUT2D eigenvalue weighted by atomic mass is 10.2. The highest BCUT2D eigenvalue weighted by Crippen LogP contribution is 2.13. The fourth-order valence-corrected chi connectivity index (χ4v) is 1.72. The highest BCUT2D eigenvalue weighted by Gasteiger charge is 2.04. The van der Waals surface area contributed by atoms with Gasteiger partial charge in [-0.15, -0.1) is 0 Å². The molecule has 0 aliphatic rings. The van der Waals surface area contributed by atoms with Crippen LogP contribution in [0.15, 0.2) is 40.8 Å². The van der Waals surface area contributed by atoms with E-state index in [-0.39, 0.29) is 5.91 Å². The molecule has 2 N–H and O–H groups in total. The largest absolute Gasteiger partial charge is 0.449 e. The molecule has 0 unspecified atom stereocenters. The number of furan rings is 1. The number of nitriles is 1. The summed E-state index contributed by atoms with van der Waals surface area (Å²) in [6.45, 7) is 2.98. The predicted molar refractivity (Wildman–Crippen MR) is 75.2 cm³/mol. The number of nitrogens with zero attached hydrogens (tertiary/aromatic N) is 1. The van der Waals surface area contributed by atoms with E-state index in [0.29, 0.717) is 30.2 Å². The van der Waals surface area contributed by atoms with E-state index in [4.69, 9.17) is 9.68 Å². The van der Waals surface area contributed by atoms with Gasteiger partial charge >= 0.3 is 0 Å². The molecule has 5 nitrogen and oxygen atoms in total. The van der Waals surface area contributed by atoms with Crippen LogP contribution in [0.4, 0.5) is 5.69 Å². The van der Waals surface area contributed by atoms with E-state index in [1.165, 1.54) is 0 Å². The molecule has 1 amide bonds. The number of anilines is 1. The third-order valence-corrected chi connectivity index (χ3v) is 2.72. The minimum absolute atomic E-state index is 0.0799. The molecule has 102 valence electrons. The van der Waals surface area contributed by atoms with Gasteiger partial charge in [0.15, 0.2) is 0 Å². The van der Waals surface area contributed by atoms with E-state index in [1.807, 2.05) is 25.1 Å². The first kappa shape index (κ1) is 13.7. The van der Waals surface area contributed by atoms with Crippen molar-refractivity contribution in [1.29, 1.82) is 5.26 Å². The minimum atomic E-state index is -0.0799. The number of nitrogens with one attached hydrogen (secondary N) is 2. The van der Waals surface area contributed by atoms with Gasteiger partial charge in [-0.3, -0.25) is 4.79 Å². The van der Waals surface area contributed by atoms with Crippen molar-refractivity contribution in [3.8, 4) is 6.07 Å². The maximum atomic E-state index is 11.6. The van der Waals surface area contributed by atoms with Gasteiger partial charge in [0.1, 0.15) is 11.8 Å². The number of amides is 1. The van der Waals surface area contributed by atoms with E-state index < -0.39 is 0 Å². The predicted octanol–water partition coefficient (Wildman–Crippen LogP) is 2.51. The molecule has 2 aromatic rings. The third-order valence-electron chi connectivity index (χ3n) is 2.72. The van der Waals surface area contributed by atoms with Crippen LogP contribution in [0, 0.1) is 11.3 Å². The summed E-state index contributed by atoms with van der Waals surface area (Å²) in [5.41, 5.74) is 1.51. The molecule has 0 aliphatic carbocycles. The Balaban J connectivity index is 1.94. The van der Waals surface area contributed by atoms with Crippen molar-refractivity contribution in [2.75, 3.05) is 11.9 Å². The number of rotatable bonds is 5.